The Hall–Kier alpha value is -1.37. The van der Waals surface area contributed by atoms with Gasteiger partial charge in [-0.05, 0) is 30.2 Å². The molecule has 0 saturated carbocycles. The van der Waals surface area contributed by atoms with Crippen molar-refractivity contribution in [3.63, 3.8) is 0 Å². The maximum absolute atomic E-state index is 13.4. The van der Waals surface area contributed by atoms with Crippen LogP contribution in [0.1, 0.15) is 56.6 Å². The second-order valence-electron chi connectivity index (χ2n) is 5.17. The van der Waals surface area contributed by atoms with Crippen LogP contribution in [0.3, 0.4) is 0 Å². The number of hydrogen-bond donors (Lipinski definition) is 1. The summed E-state index contributed by atoms with van der Waals surface area (Å²) in [6.45, 7) is 3.66. The molecule has 1 rings (SSSR count). The molecule has 0 aliphatic rings. The van der Waals surface area contributed by atoms with Gasteiger partial charge >= 0.3 is 0 Å². The summed E-state index contributed by atoms with van der Waals surface area (Å²) in [5, 5.41) is 0. The van der Waals surface area contributed by atoms with Crippen molar-refractivity contribution >= 4 is 0 Å². The van der Waals surface area contributed by atoms with Crippen molar-refractivity contribution in [1.82, 2.24) is 0 Å². The van der Waals surface area contributed by atoms with E-state index < -0.39 is 0 Å². The van der Waals surface area contributed by atoms with E-state index in [0.29, 0.717) is 12.2 Å². The zero-order valence-corrected chi connectivity index (χ0v) is 13.0. The minimum atomic E-state index is -0.281. The van der Waals surface area contributed by atoms with Crippen molar-refractivity contribution in [3.05, 3.63) is 35.1 Å². The molecule has 116 valence electrons. The first-order valence-electron chi connectivity index (χ1n) is 7.82. The first-order valence-corrected chi connectivity index (χ1v) is 7.82. The van der Waals surface area contributed by atoms with Gasteiger partial charge in [0, 0.05) is 12.2 Å². The van der Waals surface area contributed by atoms with E-state index >= 15 is 0 Å². The first-order chi connectivity index (χ1) is 10.3. The number of benzene rings is 1. The van der Waals surface area contributed by atoms with E-state index in [1.54, 1.807) is 0 Å². The van der Waals surface area contributed by atoms with Crippen molar-refractivity contribution in [2.24, 2.45) is 5.73 Å². The number of hydrogen-bond acceptors (Lipinski definition) is 2. The Balaban J connectivity index is 2.27. The predicted molar refractivity (Wildman–Crippen MR) is 85.4 cm³/mol. The van der Waals surface area contributed by atoms with Crippen LogP contribution >= 0.6 is 0 Å². The summed E-state index contributed by atoms with van der Waals surface area (Å²) < 4.78 is 19.0. The number of rotatable bonds is 9. The molecule has 0 fully saturated rings. The second kappa shape index (κ2) is 11.3. The average Bonchev–Trinajstić information content (AvgIpc) is 2.47. The van der Waals surface area contributed by atoms with Gasteiger partial charge in [-0.2, -0.15) is 0 Å². The lowest BCUT2D eigenvalue weighted by atomic mass is 10.1. The zero-order chi connectivity index (χ0) is 15.3. The summed E-state index contributed by atoms with van der Waals surface area (Å²) in [4.78, 5) is 0. The molecule has 21 heavy (non-hydrogen) atoms. The van der Waals surface area contributed by atoms with Crippen molar-refractivity contribution in [3.8, 4) is 11.8 Å². The fourth-order valence-electron chi connectivity index (χ4n) is 2.13. The minimum absolute atomic E-state index is 0.278. The van der Waals surface area contributed by atoms with Crippen molar-refractivity contribution in [1.29, 1.82) is 0 Å². The lowest BCUT2D eigenvalue weighted by molar-refractivity contribution is 0.116. The van der Waals surface area contributed by atoms with Gasteiger partial charge in [-0.25, -0.2) is 4.39 Å². The molecule has 0 aliphatic carbocycles. The predicted octanol–water partition coefficient (Wildman–Crippen LogP) is 4.01. The summed E-state index contributed by atoms with van der Waals surface area (Å²) in [6, 6.07) is 4.77. The summed E-state index contributed by atoms with van der Waals surface area (Å²) in [7, 11) is 0. The standard InChI is InChI=1S/C18H26FNO/c1-2-3-4-5-6-7-11-21-15-17-12-16(9-8-10-20)13-18(19)14-17/h12-14H,2-7,10-11,15,20H2,1H3. The van der Waals surface area contributed by atoms with Crippen LogP contribution in [-0.2, 0) is 11.3 Å². The van der Waals surface area contributed by atoms with Crippen LogP contribution in [0.4, 0.5) is 4.39 Å². The zero-order valence-electron chi connectivity index (χ0n) is 13.0. The van der Waals surface area contributed by atoms with E-state index in [0.717, 1.165) is 18.6 Å². The van der Waals surface area contributed by atoms with Crippen LogP contribution < -0.4 is 5.73 Å². The summed E-state index contributed by atoms with van der Waals surface area (Å²) in [6.07, 6.45) is 7.44. The summed E-state index contributed by atoms with van der Waals surface area (Å²) in [5.41, 5.74) is 6.79. The molecule has 0 bridgehead atoms. The Morgan fingerprint density at radius 1 is 1.10 bits per heavy atom. The lowest BCUT2D eigenvalue weighted by Crippen LogP contribution is -1.97. The highest BCUT2D eigenvalue weighted by Gasteiger charge is 2.00. The quantitative estimate of drug-likeness (QED) is 0.551. The van der Waals surface area contributed by atoms with Gasteiger partial charge < -0.3 is 10.5 Å². The van der Waals surface area contributed by atoms with Gasteiger partial charge in [0.25, 0.3) is 0 Å². The van der Waals surface area contributed by atoms with Gasteiger partial charge in [-0.1, -0.05) is 50.9 Å². The topological polar surface area (TPSA) is 35.2 Å². The third kappa shape index (κ3) is 8.49. The molecule has 1 aromatic rings. The molecule has 0 unspecified atom stereocenters. The van der Waals surface area contributed by atoms with Gasteiger partial charge in [0.05, 0.1) is 13.2 Å². The SMILES string of the molecule is CCCCCCCCOCc1cc(F)cc(C#CCN)c1. The normalized spacial score (nSPS) is 10.2. The highest BCUT2D eigenvalue weighted by molar-refractivity contribution is 5.37. The lowest BCUT2D eigenvalue weighted by Gasteiger charge is -2.05. The minimum Gasteiger partial charge on any atom is -0.377 e. The highest BCUT2D eigenvalue weighted by Crippen LogP contribution is 2.11. The molecule has 3 heteroatoms. The van der Waals surface area contributed by atoms with Gasteiger partial charge in [0.15, 0.2) is 0 Å². The number of halogens is 1. The Morgan fingerprint density at radius 2 is 1.86 bits per heavy atom. The van der Waals surface area contributed by atoms with Crippen LogP contribution in [0.2, 0.25) is 0 Å². The number of ether oxygens (including phenoxy) is 1. The monoisotopic (exact) mass is 291 g/mol. The molecular formula is C18H26FNO. The maximum atomic E-state index is 13.4. The third-order valence-corrected chi connectivity index (χ3v) is 3.20. The molecule has 0 amide bonds. The maximum Gasteiger partial charge on any atom is 0.124 e. The van der Waals surface area contributed by atoms with Gasteiger partial charge in [0.2, 0.25) is 0 Å². The van der Waals surface area contributed by atoms with Crippen molar-refractivity contribution in [2.45, 2.75) is 52.1 Å². The highest BCUT2D eigenvalue weighted by atomic mass is 19.1. The van der Waals surface area contributed by atoms with Crippen LogP contribution in [-0.4, -0.2) is 13.2 Å². The van der Waals surface area contributed by atoms with E-state index in [1.165, 1.54) is 44.2 Å². The first kappa shape index (κ1) is 17.7. The summed E-state index contributed by atoms with van der Waals surface area (Å²) in [5.74, 6) is 5.29. The smallest absolute Gasteiger partial charge is 0.124 e. The van der Waals surface area contributed by atoms with Crippen molar-refractivity contribution < 1.29 is 9.13 Å². The van der Waals surface area contributed by atoms with E-state index in [1.807, 2.05) is 6.07 Å². The van der Waals surface area contributed by atoms with E-state index in [-0.39, 0.29) is 12.4 Å². The molecule has 1 aromatic carbocycles. The van der Waals surface area contributed by atoms with Crippen LogP contribution in [0.25, 0.3) is 0 Å². The number of unbranched alkanes of at least 4 members (excludes halogenated alkanes) is 5. The molecule has 0 radical (unpaired) electrons. The van der Waals surface area contributed by atoms with Gasteiger partial charge in [-0.15, -0.1) is 0 Å². The molecule has 0 heterocycles. The Morgan fingerprint density at radius 3 is 2.62 bits per heavy atom. The Bertz CT molecular complexity index is 462. The second-order valence-corrected chi connectivity index (χ2v) is 5.17. The van der Waals surface area contributed by atoms with E-state index in [9.17, 15) is 4.39 Å². The average molecular weight is 291 g/mol. The number of nitrogens with two attached hydrogens (primary N) is 1. The molecule has 0 aliphatic heterocycles. The summed E-state index contributed by atoms with van der Waals surface area (Å²) >= 11 is 0. The van der Waals surface area contributed by atoms with Crippen LogP contribution in [0.5, 0.6) is 0 Å². The molecule has 0 atom stereocenters. The van der Waals surface area contributed by atoms with Crippen LogP contribution in [0.15, 0.2) is 18.2 Å². The fourth-order valence-corrected chi connectivity index (χ4v) is 2.13. The molecule has 2 N–H and O–H groups in total. The fraction of sp³-hybridized carbons (Fsp3) is 0.556. The Labute approximate surface area is 127 Å². The Kier molecular flexibility index (Phi) is 9.52. The van der Waals surface area contributed by atoms with Gasteiger partial charge in [0.1, 0.15) is 5.82 Å². The molecule has 0 spiro atoms. The van der Waals surface area contributed by atoms with E-state index in [4.69, 9.17) is 10.5 Å². The van der Waals surface area contributed by atoms with Gasteiger partial charge in [-0.3, -0.25) is 0 Å². The van der Waals surface area contributed by atoms with E-state index in [2.05, 4.69) is 18.8 Å². The van der Waals surface area contributed by atoms with Crippen molar-refractivity contribution in [2.75, 3.05) is 13.2 Å². The molecule has 0 aromatic heterocycles. The molecular weight excluding hydrogens is 265 g/mol. The van der Waals surface area contributed by atoms with Crippen LogP contribution in [0, 0.1) is 17.7 Å². The largest absolute Gasteiger partial charge is 0.377 e. The third-order valence-electron chi connectivity index (χ3n) is 3.20. The molecule has 0 saturated heterocycles. The molecule has 2 nitrogen and oxygen atoms in total.